The van der Waals surface area contributed by atoms with Gasteiger partial charge in [0.1, 0.15) is 5.75 Å². The van der Waals surface area contributed by atoms with Gasteiger partial charge < -0.3 is 15.0 Å². The number of ether oxygens (including phenoxy) is 1. The van der Waals surface area contributed by atoms with Crippen molar-refractivity contribution in [1.29, 1.82) is 0 Å². The number of anilines is 1. The lowest BCUT2D eigenvalue weighted by molar-refractivity contribution is 0.400. The van der Waals surface area contributed by atoms with Crippen LogP contribution in [0.3, 0.4) is 0 Å². The Kier molecular flexibility index (Phi) is 4.63. The zero-order valence-electron chi connectivity index (χ0n) is 12.5. The van der Waals surface area contributed by atoms with Gasteiger partial charge in [0.25, 0.3) is 0 Å². The van der Waals surface area contributed by atoms with Crippen LogP contribution < -0.4 is 10.1 Å². The highest BCUT2D eigenvalue weighted by Crippen LogP contribution is 2.29. The summed E-state index contributed by atoms with van der Waals surface area (Å²) in [5.74, 6) is 0.846. The van der Waals surface area contributed by atoms with E-state index in [1.54, 1.807) is 13.3 Å². The predicted molar refractivity (Wildman–Crippen MR) is 81.0 cm³/mol. The van der Waals surface area contributed by atoms with E-state index in [9.17, 15) is 0 Å². The average molecular weight is 274 g/mol. The van der Waals surface area contributed by atoms with Crippen molar-refractivity contribution in [3.63, 3.8) is 0 Å². The van der Waals surface area contributed by atoms with E-state index in [1.807, 2.05) is 12.1 Å². The van der Waals surface area contributed by atoms with Crippen molar-refractivity contribution in [3.8, 4) is 5.75 Å². The number of H-pyrrole nitrogens is 1. The number of benzene rings is 1. The number of rotatable bonds is 6. The van der Waals surface area contributed by atoms with Crippen molar-refractivity contribution in [2.24, 2.45) is 0 Å². The molecular formula is C15H22N4O. The molecule has 0 aliphatic heterocycles. The van der Waals surface area contributed by atoms with Gasteiger partial charge in [-0.1, -0.05) is 6.07 Å². The Bertz CT molecular complexity index is 537. The van der Waals surface area contributed by atoms with Crippen LogP contribution in [0.2, 0.25) is 0 Å². The average Bonchev–Trinajstić information content (AvgIpc) is 2.92. The van der Waals surface area contributed by atoms with Crippen LogP contribution in [0.15, 0.2) is 30.5 Å². The molecule has 2 rings (SSSR count). The van der Waals surface area contributed by atoms with E-state index < -0.39 is 0 Å². The molecule has 1 aromatic carbocycles. The SMILES string of the molecule is COc1ccc(CN(C)C)cc1NC(C)c1ccn[nH]1. The fourth-order valence-electron chi connectivity index (χ4n) is 2.15. The second kappa shape index (κ2) is 6.43. The largest absolute Gasteiger partial charge is 0.495 e. The first-order valence-electron chi connectivity index (χ1n) is 6.67. The Balaban J connectivity index is 2.19. The quantitative estimate of drug-likeness (QED) is 0.850. The molecule has 0 saturated heterocycles. The molecule has 0 aliphatic rings. The van der Waals surface area contributed by atoms with Gasteiger partial charge in [0, 0.05) is 12.7 Å². The van der Waals surface area contributed by atoms with Gasteiger partial charge in [0.05, 0.1) is 24.5 Å². The Labute approximate surface area is 119 Å². The van der Waals surface area contributed by atoms with Crippen LogP contribution >= 0.6 is 0 Å². The number of hydrogen-bond acceptors (Lipinski definition) is 4. The van der Waals surface area contributed by atoms with Crippen LogP contribution in [-0.2, 0) is 6.54 Å². The highest BCUT2D eigenvalue weighted by Gasteiger charge is 2.11. The molecule has 0 amide bonds. The lowest BCUT2D eigenvalue weighted by Crippen LogP contribution is -2.12. The molecule has 1 aromatic heterocycles. The van der Waals surface area contributed by atoms with E-state index in [0.29, 0.717) is 0 Å². The molecule has 5 nitrogen and oxygen atoms in total. The Morgan fingerprint density at radius 2 is 2.15 bits per heavy atom. The molecule has 1 atom stereocenters. The van der Waals surface area contributed by atoms with Gasteiger partial charge in [-0.3, -0.25) is 5.10 Å². The fourth-order valence-corrected chi connectivity index (χ4v) is 2.15. The highest BCUT2D eigenvalue weighted by molar-refractivity contribution is 5.59. The monoisotopic (exact) mass is 274 g/mol. The zero-order valence-corrected chi connectivity index (χ0v) is 12.5. The second-order valence-corrected chi connectivity index (χ2v) is 5.15. The molecule has 20 heavy (non-hydrogen) atoms. The maximum absolute atomic E-state index is 5.42. The molecule has 0 fully saturated rings. The van der Waals surface area contributed by atoms with Gasteiger partial charge in [0.15, 0.2) is 0 Å². The smallest absolute Gasteiger partial charge is 0.141 e. The first-order valence-corrected chi connectivity index (χ1v) is 6.67. The molecule has 5 heteroatoms. The normalized spacial score (nSPS) is 12.4. The summed E-state index contributed by atoms with van der Waals surface area (Å²) in [5, 5.41) is 10.4. The lowest BCUT2D eigenvalue weighted by atomic mass is 10.1. The van der Waals surface area contributed by atoms with Gasteiger partial charge in [-0.25, -0.2) is 0 Å². The van der Waals surface area contributed by atoms with Crippen molar-refractivity contribution < 1.29 is 4.74 Å². The number of aromatic nitrogens is 2. The van der Waals surface area contributed by atoms with Crippen LogP contribution in [0.5, 0.6) is 5.75 Å². The molecule has 108 valence electrons. The summed E-state index contributed by atoms with van der Waals surface area (Å²) in [6.45, 7) is 2.99. The molecule has 0 bridgehead atoms. The second-order valence-electron chi connectivity index (χ2n) is 5.15. The summed E-state index contributed by atoms with van der Waals surface area (Å²) in [6.07, 6.45) is 1.76. The van der Waals surface area contributed by atoms with Crippen LogP contribution in [0.25, 0.3) is 0 Å². The maximum Gasteiger partial charge on any atom is 0.141 e. The van der Waals surface area contributed by atoms with Crippen LogP contribution in [0, 0.1) is 0 Å². The van der Waals surface area contributed by atoms with Crippen molar-refractivity contribution >= 4 is 5.69 Å². The minimum atomic E-state index is 0.140. The van der Waals surface area contributed by atoms with Gasteiger partial charge >= 0.3 is 0 Å². The third kappa shape index (κ3) is 3.51. The third-order valence-electron chi connectivity index (χ3n) is 3.12. The van der Waals surface area contributed by atoms with Crippen molar-refractivity contribution in [2.45, 2.75) is 19.5 Å². The molecule has 0 radical (unpaired) electrons. The topological polar surface area (TPSA) is 53.2 Å². The van der Waals surface area contributed by atoms with Crippen molar-refractivity contribution in [1.82, 2.24) is 15.1 Å². The fraction of sp³-hybridized carbons (Fsp3) is 0.400. The van der Waals surface area contributed by atoms with E-state index in [4.69, 9.17) is 4.74 Å². The zero-order chi connectivity index (χ0) is 14.5. The lowest BCUT2D eigenvalue weighted by Gasteiger charge is -2.18. The number of nitrogens with one attached hydrogen (secondary N) is 2. The minimum absolute atomic E-state index is 0.140. The van der Waals surface area contributed by atoms with E-state index >= 15 is 0 Å². The van der Waals surface area contributed by atoms with Crippen molar-refractivity contribution in [2.75, 3.05) is 26.5 Å². The minimum Gasteiger partial charge on any atom is -0.495 e. The summed E-state index contributed by atoms with van der Waals surface area (Å²) in [6, 6.07) is 8.33. The Morgan fingerprint density at radius 1 is 1.35 bits per heavy atom. The molecule has 1 heterocycles. The number of nitrogens with zero attached hydrogens (tertiary/aromatic N) is 2. The van der Waals surface area contributed by atoms with E-state index in [2.05, 4.69) is 53.6 Å². The van der Waals surface area contributed by atoms with Crippen LogP contribution in [-0.4, -0.2) is 36.3 Å². The summed E-state index contributed by atoms with van der Waals surface area (Å²) < 4.78 is 5.42. The molecule has 0 aliphatic carbocycles. The van der Waals surface area contributed by atoms with Gasteiger partial charge in [0.2, 0.25) is 0 Å². The standard InChI is InChI=1S/C15H22N4O/c1-11(13-7-8-16-18-13)17-14-9-12(10-19(2)3)5-6-15(14)20-4/h5-9,11,17H,10H2,1-4H3,(H,16,18). The molecule has 2 N–H and O–H groups in total. The van der Waals surface area contributed by atoms with Gasteiger partial charge in [-0.15, -0.1) is 0 Å². The summed E-state index contributed by atoms with van der Waals surface area (Å²) in [5.41, 5.74) is 3.29. The molecular weight excluding hydrogens is 252 g/mol. The summed E-state index contributed by atoms with van der Waals surface area (Å²) in [7, 11) is 5.81. The van der Waals surface area contributed by atoms with Gasteiger partial charge in [-0.05, 0) is 44.8 Å². The summed E-state index contributed by atoms with van der Waals surface area (Å²) in [4.78, 5) is 2.14. The molecule has 2 aromatic rings. The van der Waals surface area contributed by atoms with E-state index in [0.717, 1.165) is 23.7 Å². The van der Waals surface area contributed by atoms with Crippen LogP contribution in [0.4, 0.5) is 5.69 Å². The molecule has 0 saturated carbocycles. The first-order chi connectivity index (χ1) is 9.60. The Morgan fingerprint density at radius 3 is 2.75 bits per heavy atom. The van der Waals surface area contributed by atoms with E-state index in [-0.39, 0.29) is 6.04 Å². The maximum atomic E-state index is 5.42. The Hall–Kier alpha value is -2.01. The number of aromatic amines is 1. The van der Waals surface area contributed by atoms with Crippen LogP contribution in [0.1, 0.15) is 24.2 Å². The third-order valence-corrected chi connectivity index (χ3v) is 3.12. The van der Waals surface area contributed by atoms with Gasteiger partial charge in [-0.2, -0.15) is 5.10 Å². The highest BCUT2D eigenvalue weighted by atomic mass is 16.5. The number of methoxy groups -OCH3 is 1. The predicted octanol–water partition coefficient (Wildman–Crippen LogP) is 2.65. The molecule has 1 unspecified atom stereocenters. The first kappa shape index (κ1) is 14.4. The van der Waals surface area contributed by atoms with Crippen molar-refractivity contribution in [3.05, 3.63) is 41.7 Å². The number of hydrogen-bond donors (Lipinski definition) is 2. The van der Waals surface area contributed by atoms with E-state index in [1.165, 1.54) is 5.56 Å². The molecule has 0 spiro atoms. The summed E-state index contributed by atoms with van der Waals surface area (Å²) >= 11 is 0.